The highest BCUT2D eigenvalue weighted by Crippen LogP contribution is 2.33. The Hall–Kier alpha value is -2.87. The van der Waals surface area contributed by atoms with Crippen LogP contribution < -0.4 is 5.32 Å². The zero-order chi connectivity index (χ0) is 29.4. The van der Waals surface area contributed by atoms with E-state index >= 15 is 0 Å². The molecule has 3 aromatic rings. The molecule has 2 aromatic carbocycles. The number of imidazole rings is 1. The molecule has 4 rings (SSSR count). The molecule has 41 heavy (non-hydrogen) atoms. The molecule has 1 aliphatic carbocycles. The zero-order valence-corrected chi connectivity index (χ0v) is 25.3. The average molecular weight is 601 g/mol. The molecule has 1 aliphatic rings. The summed E-state index contributed by atoms with van der Waals surface area (Å²) in [6.07, 6.45) is 9.04. The topological polar surface area (TPSA) is 93.5 Å². The van der Waals surface area contributed by atoms with Gasteiger partial charge >= 0.3 is 5.97 Å². The minimum absolute atomic E-state index is 0.0203. The molecule has 1 saturated carbocycles. The van der Waals surface area contributed by atoms with Crippen molar-refractivity contribution in [3.8, 4) is 11.3 Å². The van der Waals surface area contributed by atoms with Crippen LogP contribution in [0.5, 0.6) is 0 Å². The van der Waals surface area contributed by atoms with Crippen LogP contribution in [0.15, 0.2) is 48.7 Å². The standard InChI is InChI=1S/C32H39Cl2N3O4/c1-3-5-16-37-18-28(26-15-14-25(33)17-27(26)34)35-30(37)29(36-31(38)23-10-6-21(4-2)7-11-23)20-41-19-22-8-12-24(13-9-22)32(39)40/h8-9,12-15,17-18,21,23,29H,3-7,10-11,16,19-20H2,1-2H3,(H,36,38)(H,39,40)/t21?,23?,29-/m1/s1. The van der Waals surface area contributed by atoms with Crippen LogP contribution >= 0.6 is 23.2 Å². The van der Waals surface area contributed by atoms with Crippen LogP contribution in [-0.2, 0) is 22.7 Å². The van der Waals surface area contributed by atoms with Crippen LogP contribution in [0.25, 0.3) is 11.3 Å². The maximum Gasteiger partial charge on any atom is 0.335 e. The van der Waals surface area contributed by atoms with Gasteiger partial charge in [0.2, 0.25) is 5.91 Å². The fourth-order valence-corrected chi connectivity index (χ4v) is 5.89. The third kappa shape index (κ3) is 8.34. The highest BCUT2D eigenvalue weighted by molar-refractivity contribution is 6.36. The smallest absolute Gasteiger partial charge is 0.335 e. The number of aryl methyl sites for hydroxylation is 1. The Balaban J connectivity index is 1.58. The molecule has 1 fully saturated rings. The minimum atomic E-state index is -0.969. The second-order valence-corrected chi connectivity index (χ2v) is 11.7. The highest BCUT2D eigenvalue weighted by Gasteiger charge is 2.29. The number of aromatic nitrogens is 2. The number of halogens is 2. The number of hydrogen-bond donors (Lipinski definition) is 2. The number of ether oxygens (including phenoxy) is 1. The molecule has 7 nitrogen and oxygen atoms in total. The number of unbranched alkanes of at least 4 members (excludes halogenated alkanes) is 1. The van der Waals surface area contributed by atoms with Gasteiger partial charge in [0.15, 0.2) is 0 Å². The maximum absolute atomic E-state index is 13.5. The zero-order valence-electron chi connectivity index (χ0n) is 23.7. The molecular formula is C32H39Cl2N3O4. The lowest BCUT2D eigenvalue weighted by Gasteiger charge is -2.29. The molecule has 0 aliphatic heterocycles. The molecule has 1 amide bonds. The molecular weight excluding hydrogens is 561 g/mol. The van der Waals surface area contributed by atoms with E-state index in [1.807, 2.05) is 12.3 Å². The van der Waals surface area contributed by atoms with Crippen LogP contribution in [0, 0.1) is 11.8 Å². The van der Waals surface area contributed by atoms with E-state index in [4.69, 9.17) is 32.9 Å². The molecule has 9 heteroatoms. The first-order valence-corrected chi connectivity index (χ1v) is 15.3. The van der Waals surface area contributed by atoms with Gasteiger partial charge in [-0.15, -0.1) is 0 Å². The Morgan fingerprint density at radius 2 is 1.83 bits per heavy atom. The fourth-order valence-electron chi connectivity index (χ4n) is 5.38. The van der Waals surface area contributed by atoms with E-state index in [0.717, 1.165) is 68.4 Å². The Kier molecular flexibility index (Phi) is 11.3. The van der Waals surface area contributed by atoms with Gasteiger partial charge in [-0.2, -0.15) is 0 Å². The third-order valence-corrected chi connectivity index (χ3v) is 8.49. The number of carboxylic acid groups (broad SMARTS) is 1. The molecule has 1 heterocycles. The van der Waals surface area contributed by atoms with Gasteiger partial charge in [0.1, 0.15) is 11.9 Å². The highest BCUT2D eigenvalue weighted by atomic mass is 35.5. The third-order valence-electron chi connectivity index (χ3n) is 7.94. The predicted octanol–water partition coefficient (Wildman–Crippen LogP) is 7.95. The van der Waals surface area contributed by atoms with Gasteiger partial charge in [0, 0.05) is 29.2 Å². The number of hydrogen-bond acceptors (Lipinski definition) is 4. The van der Waals surface area contributed by atoms with Crippen molar-refractivity contribution >= 4 is 35.1 Å². The van der Waals surface area contributed by atoms with Crippen LogP contribution in [0.3, 0.4) is 0 Å². The van der Waals surface area contributed by atoms with Crippen LogP contribution in [-0.4, -0.2) is 33.1 Å². The summed E-state index contributed by atoms with van der Waals surface area (Å²) in [7, 11) is 0. The number of carbonyl (C=O) groups excluding carboxylic acids is 1. The van der Waals surface area contributed by atoms with Crippen molar-refractivity contribution < 1.29 is 19.4 Å². The van der Waals surface area contributed by atoms with Gasteiger partial charge in [0.25, 0.3) is 0 Å². The van der Waals surface area contributed by atoms with Gasteiger partial charge in [-0.3, -0.25) is 4.79 Å². The number of carbonyl (C=O) groups is 2. The number of nitrogens with zero attached hydrogens (tertiary/aromatic N) is 2. The molecule has 220 valence electrons. The lowest BCUT2D eigenvalue weighted by atomic mass is 9.80. The Labute approximate surface area is 252 Å². The summed E-state index contributed by atoms with van der Waals surface area (Å²) in [4.78, 5) is 29.7. The Morgan fingerprint density at radius 1 is 1.10 bits per heavy atom. The lowest BCUT2D eigenvalue weighted by molar-refractivity contribution is -0.127. The predicted molar refractivity (Wildman–Crippen MR) is 162 cm³/mol. The number of aromatic carboxylic acids is 1. The number of carboxylic acids is 1. The van der Waals surface area contributed by atoms with Gasteiger partial charge in [-0.25, -0.2) is 9.78 Å². The van der Waals surface area contributed by atoms with Crippen LogP contribution in [0.2, 0.25) is 10.0 Å². The summed E-state index contributed by atoms with van der Waals surface area (Å²) in [5, 5.41) is 13.5. The van der Waals surface area contributed by atoms with E-state index in [0.29, 0.717) is 21.7 Å². The number of amides is 1. The molecule has 0 unspecified atom stereocenters. The summed E-state index contributed by atoms with van der Waals surface area (Å²) in [6.45, 7) is 5.59. The Morgan fingerprint density at radius 3 is 2.46 bits per heavy atom. The van der Waals surface area contributed by atoms with Crippen molar-refractivity contribution in [1.29, 1.82) is 0 Å². The number of nitrogens with one attached hydrogen (secondary N) is 1. The first-order chi connectivity index (χ1) is 19.8. The second-order valence-electron chi connectivity index (χ2n) is 10.9. The summed E-state index contributed by atoms with van der Waals surface area (Å²) in [6, 6.07) is 11.5. The van der Waals surface area contributed by atoms with Crippen molar-refractivity contribution in [3.63, 3.8) is 0 Å². The second kappa shape index (κ2) is 14.9. The summed E-state index contributed by atoms with van der Waals surface area (Å²) >= 11 is 12.7. The Bertz CT molecular complexity index is 1320. The van der Waals surface area contributed by atoms with E-state index in [1.54, 1.807) is 36.4 Å². The quantitative estimate of drug-likeness (QED) is 0.208. The molecule has 0 spiro atoms. The van der Waals surface area contributed by atoms with E-state index < -0.39 is 12.0 Å². The average Bonchev–Trinajstić information content (AvgIpc) is 3.39. The van der Waals surface area contributed by atoms with Crippen LogP contribution in [0.4, 0.5) is 0 Å². The van der Waals surface area contributed by atoms with Gasteiger partial charge in [-0.05, 0) is 73.9 Å². The van der Waals surface area contributed by atoms with Gasteiger partial charge < -0.3 is 19.7 Å². The minimum Gasteiger partial charge on any atom is -0.478 e. The van der Waals surface area contributed by atoms with Crippen molar-refractivity contribution in [2.45, 2.75) is 78.0 Å². The van der Waals surface area contributed by atoms with E-state index in [-0.39, 0.29) is 30.6 Å². The summed E-state index contributed by atoms with van der Waals surface area (Å²) < 4.78 is 8.21. The van der Waals surface area contributed by atoms with E-state index in [1.165, 1.54) is 0 Å². The van der Waals surface area contributed by atoms with Crippen molar-refractivity contribution in [1.82, 2.24) is 14.9 Å². The first kappa shape index (κ1) is 31.1. The number of benzene rings is 2. The molecule has 0 bridgehead atoms. The monoisotopic (exact) mass is 599 g/mol. The van der Waals surface area contributed by atoms with Crippen molar-refractivity contribution in [2.24, 2.45) is 11.8 Å². The normalized spacial score (nSPS) is 17.8. The molecule has 2 N–H and O–H groups in total. The number of rotatable bonds is 13. The van der Waals surface area contributed by atoms with Crippen molar-refractivity contribution in [3.05, 3.63) is 75.7 Å². The maximum atomic E-state index is 13.5. The van der Waals surface area contributed by atoms with Gasteiger partial charge in [0.05, 0.1) is 29.5 Å². The molecule has 1 aromatic heterocycles. The van der Waals surface area contributed by atoms with E-state index in [2.05, 4.69) is 23.7 Å². The van der Waals surface area contributed by atoms with E-state index in [9.17, 15) is 14.7 Å². The molecule has 1 atom stereocenters. The SMILES string of the molecule is CCCCn1cc(-c2ccc(Cl)cc2Cl)nc1[C@@H](COCc1ccc(C(=O)O)cc1)NC(=O)C1CCC(CC)CC1. The molecule has 0 saturated heterocycles. The van der Waals surface area contributed by atoms with Gasteiger partial charge in [-0.1, -0.05) is 62.0 Å². The van der Waals surface area contributed by atoms with Crippen molar-refractivity contribution in [2.75, 3.05) is 6.61 Å². The summed E-state index contributed by atoms with van der Waals surface area (Å²) in [5.74, 6) is 0.466. The fraction of sp³-hybridized carbons (Fsp3) is 0.469. The molecule has 0 radical (unpaired) electrons. The first-order valence-electron chi connectivity index (χ1n) is 14.5. The summed E-state index contributed by atoms with van der Waals surface area (Å²) in [5.41, 5.74) is 2.56. The largest absolute Gasteiger partial charge is 0.478 e. The van der Waals surface area contributed by atoms with Crippen LogP contribution in [0.1, 0.15) is 86.6 Å². The lowest BCUT2D eigenvalue weighted by Crippen LogP contribution is -2.38.